The topological polar surface area (TPSA) is 88.9 Å². The predicted octanol–water partition coefficient (Wildman–Crippen LogP) is 5.67. The second kappa shape index (κ2) is 11.8. The van der Waals surface area contributed by atoms with Gasteiger partial charge in [-0.1, -0.05) is 72.8 Å². The molecule has 0 aliphatic heterocycles. The Morgan fingerprint density at radius 2 is 1.40 bits per heavy atom. The highest BCUT2D eigenvalue weighted by Crippen LogP contribution is 2.30. The van der Waals surface area contributed by atoms with Crippen molar-refractivity contribution < 1.29 is 9.59 Å². The van der Waals surface area contributed by atoms with E-state index in [4.69, 9.17) is 0 Å². The Bertz CT molecular complexity index is 1550. The Morgan fingerprint density at radius 3 is 1.95 bits per heavy atom. The molecule has 2 heterocycles. The van der Waals surface area contributed by atoms with E-state index in [1.54, 1.807) is 25.5 Å². The van der Waals surface area contributed by atoms with Gasteiger partial charge in [-0.15, -0.1) is 0 Å². The molecule has 200 valence electrons. The number of rotatable bonds is 8. The van der Waals surface area contributed by atoms with Gasteiger partial charge in [0.2, 0.25) is 5.91 Å². The molecule has 2 N–H and O–H groups in total. The molecule has 0 aliphatic carbocycles. The Labute approximate surface area is 233 Å². The number of nitrogens with zero attached hydrogens (tertiary/aromatic N) is 3. The quantitative estimate of drug-likeness (QED) is 0.271. The number of amides is 2. The lowest BCUT2D eigenvalue weighted by Gasteiger charge is -2.28. The molecule has 0 spiro atoms. The van der Waals surface area contributed by atoms with E-state index in [-0.39, 0.29) is 11.8 Å². The lowest BCUT2D eigenvalue weighted by atomic mass is 9.84. The Balaban J connectivity index is 1.49. The third-order valence-electron chi connectivity index (χ3n) is 7.06. The van der Waals surface area contributed by atoms with Crippen LogP contribution in [0.25, 0.3) is 11.1 Å². The first-order chi connectivity index (χ1) is 19.4. The van der Waals surface area contributed by atoms with Crippen LogP contribution in [0.1, 0.15) is 38.8 Å². The van der Waals surface area contributed by atoms with Crippen LogP contribution in [0.3, 0.4) is 0 Å². The zero-order valence-electron chi connectivity index (χ0n) is 22.7. The molecule has 0 aliphatic rings. The fraction of sp³-hybridized carbons (Fsp3) is 0.152. The number of carbonyl (C=O) groups is 2. The smallest absolute Gasteiger partial charge is 0.270 e. The van der Waals surface area contributed by atoms with Gasteiger partial charge in [-0.25, -0.2) is 0 Å². The number of anilines is 1. The summed E-state index contributed by atoms with van der Waals surface area (Å²) < 4.78 is 1.49. The lowest BCUT2D eigenvalue weighted by Crippen LogP contribution is -2.48. The Morgan fingerprint density at radius 1 is 0.775 bits per heavy atom. The summed E-state index contributed by atoms with van der Waals surface area (Å²) >= 11 is 0. The fourth-order valence-electron chi connectivity index (χ4n) is 5.08. The summed E-state index contributed by atoms with van der Waals surface area (Å²) in [5, 5.41) is 10.2. The minimum atomic E-state index is -0.908. The van der Waals surface area contributed by atoms with E-state index in [0.717, 1.165) is 33.5 Å². The minimum absolute atomic E-state index is 0.324. The first kappa shape index (κ1) is 26.6. The molecule has 0 fully saturated rings. The van der Waals surface area contributed by atoms with Crippen LogP contribution in [-0.4, -0.2) is 32.6 Å². The monoisotopic (exact) mass is 529 g/mol. The summed E-state index contributed by atoms with van der Waals surface area (Å²) in [6, 6.07) is 29.9. The molecule has 1 unspecified atom stereocenters. The maximum Gasteiger partial charge on any atom is 0.270 e. The molecule has 7 heteroatoms. The second-order valence-corrected chi connectivity index (χ2v) is 9.75. The fourth-order valence-corrected chi connectivity index (χ4v) is 5.08. The summed E-state index contributed by atoms with van der Waals surface area (Å²) in [6.45, 7) is 4.05. The molecule has 0 bridgehead atoms. The van der Waals surface area contributed by atoms with Crippen LogP contribution < -0.4 is 10.6 Å². The molecule has 0 saturated carbocycles. The summed E-state index contributed by atoms with van der Waals surface area (Å²) in [4.78, 5) is 31.8. The number of pyridine rings is 1. The number of hydrogen-bond donors (Lipinski definition) is 2. The summed E-state index contributed by atoms with van der Waals surface area (Å²) in [5.41, 5.74) is 7.01. The van der Waals surface area contributed by atoms with E-state index in [2.05, 4.69) is 27.6 Å². The molecule has 2 aromatic heterocycles. The third kappa shape index (κ3) is 5.68. The largest absolute Gasteiger partial charge is 0.338 e. The molecular formula is C33H31N5O2. The van der Waals surface area contributed by atoms with Crippen molar-refractivity contribution in [2.45, 2.75) is 25.8 Å². The van der Waals surface area contributed by atoms with Gasteiger partial charge in [0.15, 0.2) is 0 Å². The molecule has 0 radical (unpaired) electrons. The van der Waals surface area contributed by atoms with Crippen LogP contribution in [0.5, 0.6) is 0 Å². The summed E-state index contributed by atoms with van der Waals surface area (Å²) in [7, 11) is 1.70. The van der Waals surface area contributed by atoms with Gasteiger partial charge in [-0.3, -0.25) is 19.3 Å². The van der Waals surface area contributed by atoms with E-state index in [1.165, 1.54) is 4.68 Å². The van der Waals surface area contributed by atoms with E-state index in [0.29, 0.717) is 11.4 Å². The average Bonchev–Trinajstić information content (AvgIpc) is 3.40. The van der Waals surface area contributed by atoms with Crippen LogP contribution in [0, 0.1) is 13.8 Å². The lowest BCUT2D eigenvalue weighted by molar-refractivity contribution is -0.118. The molecule has 0 saturated heterocycles. The molecule has 2 amide bonds. The van der Waals surface area contributed by atoms with Gasteiger partial charge in [-0.05, 0) is 60.4 Å². The van der Waals surface area contributed by atoms with Crippen molar-refractivity contribution in [2.24, 2.45) is 7.05 Å². The van der Waals surface area contributed by atoms with Crippen molar-refractivity contribution in [1.29, 1.82) is 0 Å². The van der Waals surface area contributed by atoms with E-state index in [9.17, 15) is 9.59 Å². The third-order valence-corrected chi connectivity index (χ3v) is 7.06. The highest BCUT2D eigenvalue weighted by Gasteiger charge is 2.33. The van der Waals surface area contributed by atoms with E-state index < -0.39 is 12.0 Å². The number of nitrogens with one attached hydrogen (secondary N) is 2. The Hall–Kier alpha value is -5.04. The summed E-state index contributed by atoms with van der Waals surface area (Å²) in [5.74, 6) is -1.14. The molecule has 5 aromatic rings. The highest BCUT2D eigenvalue weighted by atomic mass is 16.2. The van der Waals surface area contributed by atoms with Crippen LogP contribution in [0.4, 0.5) is 5.69 Å². The predicted molar refractivity (Wildman–Crippen MR) is 157 cm³/mol. The number of aryl methyl sites for hydroxylation is 3. The molecule has 5 rings (SSSR count). The van der Waals surface area contributed by atoms with Crippen LogP contribution in [0.2, 0.25) is 0 Å². The first-order valence-corrected chi connectivity index (χ1v) is 13.1. The van der Waals surface area contributed by atoms with Gasteiger partial charge in [0, 0.05) is 42.3 Å². The molecule has 1 atom stereocenters. The van der Waals surface area contributed by atoms with Crippen molar-refractivity contribution >= 4 is 17.5 Å². The number of hydrogen-bond acceptors (Lipinski definition) is 4. The normalized spacial score (nSPS) is 11.7. The molecule has 40 heavy (non-hydrogen) atoms. The van der Waals surface area contributed by atoms with E-state index >= 15 is 0 Å². The van der Waals surface area contributed by atoms with Gasteiger partial charge in [-0.2, -0.15) is 5.10 Å². The van der Waals surface area contributed by atoms with Crippen LogP contribution in [0.15, 0.2) is 109 Å². The number of carbonyl (C=O) groups excluding carboxylic acids is 2. The number of benzene rings is 3. The van der Waals surface area contributed by atoms with Crippen molar-refractivity contribution in [3.63, 3.8) is 0 Å². The van der Waals surface area contributed by atoms with Crippen LogP contribution in [-0.2, 0) is 11.8 Å². The Kier molecular flexibility index (Phi) is 7.82. The summed E-state index contributed by atoms with van der Waals surface area (Å²) in [6.07, 6.45) is 3.36. The standard InChI is InChI=1S/C33H31N5O2/c1-22-18-20-34-23(2)29(22)26-14-16-27(17-15-26)36-33(40)31(37-32(39)28-19-21-35-38(28)3)30(24-10-6-4-7-11-24)25-12-8-5-9-13-25/h4-21,30-31H,1-3H3,(H,36,40)(H,37,39). The zero-order valence-corrected chi connectivity index (χ0v) is 22.7. The van der Waals surface area contributed by atoms with Gasteiger partial charge in [0.05, 0.1) is 0 Å². The molecule has 7 nitrogen and oxygen atoms in total. The van der Waals surface area contributed by atoms with Crippen molar-refractivity contribution in [3.05, 3.63) is 138 Å². The maximum atomic E-state index is 14.0. The first-order valence-electron chi connectivity index (χ1n) is 13.1. The molecule has 3 aromatic carbocycles. The van der Waals surface area contributed by atoms with Gasteiger partial charge >= 0.3 is 0 Å². The molecular weight excluding hydrogens is 498 g/mol. The number of aromatic nitrogens is 3. The maximum absolute atomic E-state index is 14.0. The van der Waals surface area contributed by atoms with E-state index in [1.807, 2.05) is 97.9 Å². The zero-order chi connectivity index (χ0) is 28.1. The second-order valence-electron chi connectivity index (χ2n) is 9.75. The van der Waals surface area contributed by atoms with Crippen molar-refractivity contribution in [2.75, 3.05) is 5.32 Å². The van der Waals surface area contributed by atoms with Crippen LogP contribution >= 0.6 is 0 Å². The highest BCUT2D eigenvalue weighted by molar-refractivity contribution is 6.01. The SMILES string of the molecule is Cc1ccnc(C)c1-c1ccc(NC(=O)C(NC(=O)c2ccnn2C)C(c2ccccc2)c2ccccc2)cc1. The van der Waals surface area contributed by atoms with Crippen molar-refractivity contribution in [3.8, 4) is 11.1 Å². The van der Waals surface area contributed by atoms with Gasteiger partial charge < -0.3 is 10.6 Å². The van der Waals surface area contributed by atoms with Gasteiger partial charge in [0.1, 0.15) is 11.7 Å². The minimum Gasteiger partial charge on any atom is -0.338 e. The van der Waals surface area contributed by atoms with Gasteiger partial charge in [0.25, 0.3) is 5.91 Å². The van der Waals surface area contributed by atoms with Crippen molar-refractivity contribution in [1.82, 2.24) is 20.1 Å². The average molecular weight is 530 g/mol.